The first-order valence-corrected chi connectivity index (χ1v) is 9.61. The summed E-state index contributed by atoms with van der Waals surface area (Å²) in [5, 5.41) is 2.86. The smallest absolute Gasteiger partial charge is 0.274 e. The number of hydrogen-bond donors (Lipinski definition) is 1. The van der Waals surface area contributed by atoms with E-state index in [1.807, 2.05) is 70.2 Å². The number of hydrogen-bond acceptors (Lipinski definition) is 3. The lowest BCUT2D eigenvalue weighted by Crippen LogP contribution is -2.31. The highest BCUT2D eigenvalue weighted by atomic mass is 16.2. The number of anilines is 2. The molecular weight excluding hydrogens is 362 g/mol. The number of pyridine rings is 1. The molecule has 0 aliphatic heterocycles. The van der Waals surface area contributed by atoms with Gasteiger partial charge in [-0.25, -0.2) is 0 Å². The Hall–Kier alpha value is -3.47. The summed E-state index contributed by atoms with van der Waals surface area (Å²) in [6.07, 6.45) is 1.49. The largest absolute Gasteiger partial charge is 0.321 e. The maximum absolute atomic E-state index is 13.1. The maximum atomic E-state index is 13.1. The Kier molecular flexibility index (Phi) is 6.07. The molecule has 0 atom stereocenters. The molecule has 0 saturated heterocycles. The fraction of sp³-hybridized carbons (Fsp3) is 0.208. The van der Waals surface area contributed by atoms with Crippen LogP contribution in [-0.4, -0.2) is 23.3 Å². The summed E-state index contributed by atoms with van der Waals surface area (Å²) in [5.41, 5.74) is 5.38. The average molecular weight is 387 g/mol. The molecule has 1 N–H and O–H groups in total. The van der Waals surface area contributed by atoms with Crippen LogP contribution in [0, 0.1) is 20.8 Å². The van der Waals surface area contributed by atoms with E-state index >= 15 is 0 Å². The lowest BCUT2D eigenvalue weighted by atomic mass is 10.1. The number of amides is 2. The molecule has 1 heterocycles. The van der Waals surface area contributed by atoms with Crippen molar-refractivity contribution in [3.8, 4) is 0 Å². The molecule has 0 unspecified atom stereocenters. The molecular formula is C24H25N3O2. The molecule has 0 fully saturated rings. The van der Waals surface area contributed by atoms with Gasteiger partial charge >= 0.3 is 0 Å². The van der Waals surface area contributed by atoms with Gasteiger partial charge in [0.1, 0.15) is 5.69 Å². The van der Waals surface area contributed by atoms with E-state index in [1.165, 1.54) is 6.20 Å². The molecule has 3 rings (SSSR count). The van der Waals surface area contributed by atoms with Gasteiger partial charge in [-0.2, -0.15) is 0 Å². The van der Waals surface area contributed by atoms with Gasteiger partial charge in [0.2, 0.25) is 0 Å². The van der Waals surface area contributed by atoms with Gasteiger partial charge in [-0.1, -0.05) is 18.2 Å². The molecule has 0 saturated carbocycles. The monoisotopic (exact) mass is 387 g/mol. The summed E-state index contributed by atoms with van der Waals surface area (Å²) >= 11 is 0. The molecule has 1 aromatic heterocycles. The topological polar surface area (TPSA) is 62.3 Å². The van der Waals surface area contributed by atoms with Crippen molar-refractivity contribution in [1.82, 2.24) is 4.98 Å². The van der Waals surface area contributed by atoms with Gasteiger partial charge in [-0.3, -0.25) is 14.6 Å². The molecule has 2 amide bonds. The number of carbonyl (C=O) groups excluding carboxylic acids is 2. The van der Waals surface area contributed by atoms with Crippen molar-refractivity contribution in [1.29, 1.82) is 0 Å². The summed E-state index contributed by atoms with van der Waals surface area (Å²) in [6, 6.07) is 16.8. The van der Waals surface area contributed by atoms with Gasteiger partial charge in [0.15, 0.2) is 0 Å². The molecule has 0 bridgehead atoms. The van der Waals surface area contributed by atoms with Gasteiger partial charge in [-0.05, 0) is 80.8 Å². The van der Waals surface area contributed by atoms with Crippen LogP contribution in [-0.2, 0) is 0 Å². The van der Waals surface area contributed by atoms with Crippen molar-refractivity contribution >= 4 is 23.2 Å². The number of rotatable bonds is 5. The SMILES string of the molecule is CCN(C(=O)c1ccnc(C(=O)Nc2cc(C)cc(C)c2)c1)c1cccc(C)c1. The predicted octanol–water partition coefficient (Wildman–Crippen LogP) is 4.93. The van der Waals surface area contributed by atoms with Gasteiger partial charge in [0.05, 0.1) is 0 Å². The van der Waals surface area contributed by atoms with Crippen LogP contribution in [0.25, 0.3) is 0 Å². The van der Waals surface area contributed by atoms with Crippen LogP contribution in [0.5, 0.6) is 0 Å². The van der Waals surface area contributed by atoms with Crippen molar-refractivity contribution < 1.29 is 9.59 Å². The molecule has 0 radical (unpaired) electrons. The normalized spacial score (nSPS) is 10.5. The van der Waals surface area contributed by atoms with Crippen molar-refractivity contribution in [3.05, 3.63) is 88.7 Å². The minimum Gasteiger partial charge on any atom is -0.321 e. The van der Waals surface area contributed by atoms with E-state index in [2.05, 4.69) is 10.3 Å². The van der Waals surface area contributed by atoms with E-state index in [1.54, 1.807) is 17.0 Å². The lowest BCUT2D eigenvalue weighted by Gasteiger charge is -2.21. The maximum Gasteiger partial charge on any atom is 0.274 e. The number of nitrogens with zero attached hydrogens (tertiary/aromatic N) is 2. The first kappa shape index (κ1) is 20.3. The van der Waals surface area contributed by atoms with Gasteiger partial charge in [0.25, 0.3) is 11.8 Å². The second kappa shape index (κ2) is 8.69. The quantitative estimate of drug-likeness (QED) is 0.675. The zero-order valence-electron chi connectivity index (χ0n) is 17.2. The number of nitrogens with one attached hydrogen (secondary N) is 1. The molecule has 0 aliphatic carbocycles. The first-order valence-electron chi connectivity index (χ1n) is 9.61. The Morgan fingerprint density at radius 1 is 0.931 bits per heavy atom. The highest BCUT2D eigenvalue weighted by Crippen LogP contribution is 2.19. The zero-order valence-corrected chi connectivity index (χ0v) is 17.2. The third kappa shape index (κ3) is 4.88. The van der Waals surface area contributed by atoms with E-state index in [-0.39, 0.29) is 17.5 Å². The van der Waals surface area contributed by atoms with Gasteiger partial charge in [-0.15, -0.1) is 0 Å². The Bertz CT molecular complexity index is 1040. The van der Waals surface area contributed by atoms with Crippen LogP contribution in [0.3, 0.4) is 0 Å². The van der Waals surface area contributed by atoms with Crippen LogP contribution < -0.4 is 10.2 Å². The Labute approximate surface area is 171 Å². The lowest BCUT2D eigenvalue weighted by molar-refractivity contribution is 0.0988. The third-order valence-electron chi connectivity index (χ3n) is 4.59. The molecule has 0 aliphatic rings. The summed E-state index contributed by atoms with van der Waals surface area (Å²) < 4.78 is 0. The van der Waals surface area contributed by atoms with E-state index in [9.17, 15) is 9.59 Å². The fourth-order valence-corrected chi connectivity index (χ4v) is 3.32. The third-order valence-corrected chi connectivity index (χ3v) is 4.59. The summed E-state index contributed by atoms with van der Waals surface area (Å²) in [6.45, 7) is 8.39. The molecule has 3 aromatic rings. The predicted molar refractivity (Wildman–Crippen MR) is 117 cm³/mol. The Morgan fingerprint density at radius 2 is 1.66 bits per heavy atom. The van der Waals surface area contributed by atoms with Crippen LogP contribution in [0.4, 0.5) is 11.4 Å². The summed E-state index contributed by atoms with van der Waals surface area (Å²) in [5.74, 6) is -0.510. The first-order chi connectivity index (χ1) is 13.9. The van der Waals surface area contributed by atoms with Crippen molar-refractivity contribution in [3.63, 3.8) is 0 Å². The number of aryl methyl sites for hydroxylation is 3. The summed E-state index contributed by atoms with van der Waals surface area (Å²) in [4.78, 5) is 31.6. The van der Waals surface area contributed by atoms with E-state index in [0.29, 0.717) is 17.8 Å². The van der Waals surface area contributed by atoms with Crippen molar-refractivity contribution in [2.24, 2.45) is 0 Å². The molecule has 148 valence electrons. The average Bonchev–Trinajstić information content (AvgIpc) is 2.68. The summed E-state index contributed by atoms with van der Waals surface area (Å²) in [7, 11) is 0. The standard InChI is InChI=1S/C24H25N3O2/c1-5-27(21-8-6-7-16(2)14-21)24(29)19-9-10-25-22(15-19)23(28)26-20-12-17(3)11-18(4)13-20/h6-15H,5H2,1-4H3,(H,26,28). The van der Waals surface area contributed by atoms with E-state index in [0.717, 1.165) is 22.4 Å². The van der Waals surface area contributed by atoms with Crippen molar-refractivity contribution in [2.75, 3.05) is 16.8 Å². The fourth-order valence-electron chi connectivity index (χ4n) is 3.32. The minimum atomic E-state index is -0.344. The van der Waals surface area contributed by atoms with Crippen LogP contribution in [0.1, 0.15) is 44.5 Å². The molecule has 5 heteroatoms. The van der Waals surface area contributed by atoms with E-state index in [4.69, 9.17) is 0 Å². The van der Waals surface area contributed by atoms with Crippen LogP contribution in [0.15, 0.2) is 60.8 Å². The van der Waals surface area contributed by atoms with Gasteiger partial charge in [0, 0.05) is 29.7 Å². The minimum absolute atomic E-state index is 0.166. The molecule has 29 heavy (non-hydrogen) atoms. The number of benzene rings is 2. The van der Waals surface area contributed by atoms with Gasteiger partial charge < -0.3 is 10.2 Å². The molecule has 0 spiro atoms. The van der Waals surface area contributed by atoms with Crippen LogP contribution in [0.2, 0.25) is 0 Å². The molecule has 2 aromatic carbocycles. The Morgan fingerprint density at radius 3 is 2.31 bits per heavy atom. The van der Waals surface area contributed by atoms with E-state index < -0.39 is 0 Å². The zero-order chi connectivity index (χ0) is 21.0. The second-order valence-electron chi connectivity index (χ2n) is 7.15. The number of aromatic nitrogens is 1. The number of carbonyl (C=O) groups is 2. The highest BCUT2D eigenvalue weighted by molar-refractivity contribution is 6.09. The molecule has 5 nitrogen and oxygen atoms in total. The second-order valence-corrected chi connectivity index (χ2v) is 7.15. The van der Waals surface area contributed by atoms with Crippen LogP contribution >= 0.6 is 0 Å². The van der Waals surface area contributed by atoms with Crippen molar-refractivity contribution in [2.45, 2.75) is 27.7 Å². The Balaban J connectivity index is 1.84. The highest BCUT2D eigenvalue weighted by Gasteiger charge is 2.18.